The Morgan fingerprint density at radius 2 is 0.486 bits per heavy atom. The second-order valence-electron chi connectivity index (χ2n) is 24.4. The third-order valence-corrected chi connectivity index (χ3v) is 19.1. The molecule has 27 nitrogen and oxygen atoms in total. The van der Waals surface area contributed by atoms with E-state index in [0.29, 0.717) is 33.9 Å². The van der Waals surface area contributed by atoms with Crippen LogP contribution in [-0.4, -0.2) is 164 Å². The summed E-state index contributed by atoms with van der Waals surface area (Å²) in [6, 6.07) is 46.8. The first-order valence-electron chi connectivity index (χ1n) is 36.6. The highest BCUT2D eigenvalue weighted by Crippen LogP contribution is 2.22. The highest BCUT2D eigenvalue weighted by atomic mass is 32.2. The molecule has 111 heavy (non-hydrogen) atoms. The van der Waals surface area contributed by atoms with Gasteiger partial charge < -0.3 is 77.5 Å². The SMILES string of the molecule is CCOC(=O)[C@@H](N)CCC(=O)N[C@@H](CSCc1ccccc1)C(=O)N[C@@H](C(=O)OCC)c1ccccc1.CCOC(=O)[C@@H](N)CCC(=O)N[C@@H](CSCc1ccccc1)C(=O)N[C@@H](C(=O)OCC)c1ccccc1.CCOC(=O)[C@@H](N)CCC(=O)N[C@@H](CSCc1ccccc1)C(=O)N[C@@H](C(=O)OCC)c1ccccc1. The summed E-state index contributed by atoms with van der Waals surface area (Å²) < 4.78 is 30.1. The number of ether oxygens (including phenoxy) is 6. The van der Waals surface area contributed by atoms with Gasteiger partial charge in [0.05, 0.1) is 39.6 Å². The summed E-state index contributed by atoms with van der Waals surface area (Å²) in [5.74, 6) is -3.71. The van der Waals surface area contributed by atoms with Crippen molar-refractivity contribution in [1.29, 1.82) is 0 Å². The predicted octanol–water partition coefficient (Wildman–Crippen LogP) is 7.49. The number of benzene rings is 6. The summed E-state index contributed by atoms with van der Waals surface area (Å²) in [6.07, 6.45) is 0.0379. The molecule has 0 aromatic heterocycles. The van der Waals surface area contributed by atoms with Gasteiger partial charge in [0.15, 0.2) is 18.1 Å². The van der Waals surface area contributed by atoms with E-state index in [0.717, 1.165) is 16.7 Å². The van der Waals surface area contributed by atoms with Crippen molar-refractivity contribution in [2.24, 2.45) is 17.2 Å². The monoisotopic (exact) mass is 1590 g/mol. The molecule has 0 saturated heterocycles. The lowest BCUT2D eigenvalue weighted by atomic mass is 10.1. The number of hydrogen-bond donors (Lipinski definition) is 9. The van der Waals surface area contributed by atoms with E-state index in [2.05, 4.69) is 31.9 Å². The molecule has 0 aliphatic rings. The molecule has 0 heterocycles. The molecule has 0 aliphatic heterocycles. The Kier molecular flexibility index (Phi) is 45.8. The Balaban J connectivity index is 0.000000351. The summed E-state index contributed by atoms with van der Waals surface area (Å²) in [5.41, 5.74) is 22.3. The summed E-state index contributed by atoms with van der Waals surface area (Å²) in [7, 11) is 0. The van der Waals surface area contributed by atoms with Crippen molar-refractivity contribution in [1.82, 2.24) is 31.9 Å². The van der Waals surface area contributed by atoms with Crippen molar-refractivity contribution in [2.75, 3.05) is 56.9 Å². The van der Waals surface area contributed by atoms with Crippen LogP contribution < -0.4 is 49.1 Å². The molecule has 6 aromatic carbocycles. The average Bonchev–Trinajstić information content (AvgIpc) is 0.859. The third-order valence-electron chi connectivity index (χ3n) is 15.8. The molecular weight excluding hydrogens is 1480 g/mol. The van der Waals surface area contributed by atoms with E-state index in [1.54, 1.807) is 133 Å². The number of nitrogens with one attached hydrogen (secondary N) is 6. The Bertz CT molecular complexity index is 3400. The fourth-order valence-electron chi connectivity index (χ4n) is 10.1. The van der Waals surface area contributed by atoms with Crippen LogP contribution in [0.2, 0.25) is 0 Å². The molecule has 6 rings (SSSR count). The van der Waals surface area contributed by atoms with Gasteiger partial charge in [-0.3, -0.25) is 43.2 Å². The topological polar surface area (TPSA) is 410 Å². The molecule has 0 radical (unpaired) electrons. The first-order valence-corrected chi connectivity index (χ1v) is 40.1. The molecule has 0 unspecified atom stereocenters. The Morgan fingerprint density at radius 3 is 0.694 bits per heavy atom. The molecule has 0 fully saturated rings. The van der Waals surface area contributed by atoms with Crippen LogP contribution in [0, 0.1) is 0 Å². The minimum atomic E-state index is -1.02. The number of amides is 6. The van der Waals surface area contributed by atoms with Gasteiger partial charge in [-0.1, -0.05) is 182 Å². The summed E-state index contributed by atoms with van der Waals surface area (Å²) in [6.45, 7) is 11.1. The maximum atomic E-state index is 13.3. The zero-order valence-electron chi connectivity index (χ0n) is 63.5. The van der Waals surface area contributed by atoms with Crippen LogP contribution >= 0.6 is 35.3 Å². The van der Waals surface area contributed by atoms with Crippen LogP contribution in [0.4, 0.5) is 0 Å². The molecule has 30 heteroatoms. The highest BCUT2D eigenvalue weighted by Gasteiger charge is 2.33. The molecule has 0 saturated carbocycles. The molecule has 600 valence electrons. The first-order chi connectivity index (χ1) is 53.5. The molecule has 0 aliphatic carbocycles. The van der Waals surface area contributed by atoms with E-state index < -0.39 is 126 Å². The van der Waals surface area contributed by atoms with Gasteiger partial charge in [-0.05, 0) is 94.2 Å². The maximum Gasteiger partial charge on any atom is 0.333 e. The van der Waals surface area contributed by atoms with Gasteiger partial charge >= 0.3 is 35.8 Å². The van der Waals surface area contributed by atoms with Crippen LogP contribution in [0.15, 0.2) is 182 Å². The number of carbonyl (C=O) groups excluding carboxylic acids is 12. The highest BCUT2D eigenvalue weighted by molar-refractivity contribution is 7.99. The second kappa shape index (κ2) is 54.5. The van der Waals surface area contributed by atoms with Crippen molar-refractivity contribution >= 4 is 107 Å². The smallest absolute Gasteiger partial charge is 0.333 e. The Labute approximate surface area is 661 Å². The largest absolute Gasteiger partial charge is 0.465 e. The van der Waals surface area contributed by atoms with Crippen molar-refractivity contribution in [3.05, 3.63) is 215 Å². The van der Waals surface area contributed by atoms with Gasteiger partial charge in [0.25, 0.3) is 0 Å². The van der Waals surface area contributed by atoms with Crippen LogP contribution in [0.1, 0.15) is 132 Å². The maximum absolute atomic E-state index is 13.3. The van der Waals surface area contributed by atoms with E-state index in [-0.39, 0.29) is 95.4 Å². The number of esters is 6. The average molecular weight is 1590 g/mol. The van der Waals surface area contributed by atoms with Gasteiger partial charge in [-0.2, -0.15) is 35.3 Å². The zero-order chi connectivity index (χ0) is 81.1. The summed E-state index contributed by atoms with van der Waals surface area (Å²) in [5, 5.41) is 16.4. The fraction of sp³-hybridized carbons (Fsp3) is 0.407. The molecule has 12 N–H and O–H groups in total. The Hall–Kier alpha value is -10.1. The van der Waals surface area contributed by atoms with Gasteiger partial charge in [-0.15, -0.1) is 0 Å². The van der Waals surface area contributed by atoms with E-state index in [9.17, 15) is 57.5 Å². The van der Waals surface area contributed by atoms with Crippen LogP contribution in [-0.2, 0) is 103 Å². The minimum absolute atomic E-state index is 0.0624. The zero-order valence-corrected chi connectivity index (χ0v) is 66.0. The number of thioether (sulfide) groups is 3. The molecule has 0 bridgehead atoms. The van der Waals surface area contributed by atoms with Crippen molar-refractivity contribution < 1.29 is 86.0 Å². The number of rotatable bonds is 45. The van der Waals surface area contributed by atoms with Crippen molar-refractivity contribution in [2.45, 2.75) is 152 Å². The Morgan fingerprint density at radius 1 is 0.288 bits per heavy atom. The first kappa shape index (κ1) is 93.3. The van der Waals surface area contributed by atoms with E-state index in [4.69, 9.17) is 45.6 Å². The van der Waals surface area contributed by atoms with E-state index in [1.807, 2.05) is 91.0 Å². The number of carbonyl (C=O) groups is 12. The minimum Gasteiger partial charge on any atom is -0.465 e. The quantitative estimate of drug-likeness (QED) is 0.0132. The van der Waals surface area contributed by atoms with E-state index in [1.165, 1.54) is 35.3 Å². The predicted molar refractivity (Wildman–Crippen MR) is 427 cm³/mol. The lowest BCUT2D eigenvalue weighted by molar-refractivity contribution is -0.148. The lowest BCUT2D eigenvalue weighted by Crippen LogP contribution is -2.50. The standard InChI is InChI=1S/3C27H35N3O6S/c3*1-3-35-26(33)21(28)15-16-23(31)29-22(18-37-17-19-11-7-5-8-12-19)25(32)30-24(27(34)36-4-2)20-13-9-6-10-14-20/h3*5-14,21-22,24H,3-4,15-18,28H2,1-2H3,(H,29,31)(H,30,32)/t3*21-,22-,24+/m000/s1. The van der Waals surface area contributed by atoms with Gasteiger partial charge in [0.2, 0.25) is 35.4 Å². The van der Waals surface area contributed by atoms with Crippen LogP contribution in [0.5, 0.6) is 0 Å². The van der Waals surface area contributed by atoms with Gasteiger partial charge in [0, 0.05) is 53.8 Å². The molecule has 6 aromatic rings. The third kappa shape index (κ3) is 37.0. The normalized spacial score (nSPS) is 13.1. The van der Waals surface area contributed by atoms with Crippen molar-refractivity contribution in [3.8, 4) is 0 Å². The van der Waals surface area contributed by atoms with Crippen LogP contribution in [0.3, 0.4) is 0 Å². The van der Waals surface area contributed by atoms with Gasteiger partial charge in [-0.25, -0.2) is 14.4 Å². The second-order valence-corrected chi connectivity index (χ2v) is 27.5. The molecule has 0 spiro atoms. The summed E-state index contributed by atoms with van der Waals surface area (Å²) >= 11 is 4.42. The summed E-state index contributed by atoms with van der Waals surface area (Å²) in [4.78, 5) is 151. The number of hydrogen-bond acceptors (Lipinski definition) is 24. The van der Waals surface area contributed by atoms with Crippen molar-refractivity contribution in [3.63, 3.8) is 0 Å². The fourth-order valence-corrected chi connectivity index (χ4v) is 13.1. The van der Waals surface area contributed by atoms with E-state index >= 15 is 0 Å². The molecular formula is C81H105N9O18S3. The molecule has 6 amide bonds. The molecule has 9 atom stereocenters. The lowest BCUT2D eigenvalue weighted by Gasteiger charge is -2.23. The van der Waals surface area contributed by atoms with Crippen LogP contribution in [0.25, 0.3) is 0 Å². The van der Waals surface area contributed by atoms with Gasteiger partial charge in [0.1, 0.15) is 36.3 Å². The number of nitrogens with two attached hydrogens (primary N) is 3.